The number of nitro groups is 1. The molecule has 130 valence electrons. The maximum atomic E-state index is 11.8. The maximum Gasteiger partial charge on any atom is 0.331 e. The van der Waals surface area contributed by atoms with E-state index < -0.39 is 10.9 Å². The Hall–Kier alpha value is -3.74. The van der Waals surface area contributed by atoms with Crippen LogP contribution in [0.4, 0.5) is 5.69 Å². The Morgan fingerprint density at radius 1 is 1.15 bits per heavy atom. The van der Waals surface area contributed by atoms with Crippen molar-refractivity contribution < 1.29 is 19.0 Å². The molecule has 0 unspecified atom stereocenters. The second-order valence-corrected chi connectivity index (χ2v) is 5.34. The van der Waals surface area contributed by atoms with Gasteiger partial charge in [-0.3, -0.25) is 10.1 Å². The van der Waals surface area contributed by atoms with Crippen LogP contribution in [0.2, 0.25) is 0 Å². The zero-order chi connectivity index (χ0) is 18.4. The number of aromatic nitrogens is 1. The number of esters is 1. The first-order chi connectivity index (χ1) is 12.6. The van der Waals surface area contributed by atoms with Gasteiger partial charge >= 0.3 is 5.97 Å². The third-order valence-electron chi connectivity index (χ3n) is 3.47. The molecule has 0 aliphatic rings. The fourth-order valence-corrected chi connectivity index (χ4v) is 2.22. The van der Waals surface area contributed by atoms with Crippen molar-refractivity contribution in [2.24, 2.45) is 0 Å². The summed E-state index contributed by atoms with van der Waals surface area (Å²) in [6.45, 7) is -0.0333. The van der Waals surface area contributed by atoms with Crippen molar-refractivity contribution >= 4 is 17.7 Å². The summed E-state index contributed by atoms with van der Waals surface area (Å²) in [5.41, 5.74) is 1.85. The summed E-state index contributed by atoms with van der Waals surface area (Å²) in [4.78, 5) is 22.0. The second-order valence-electron chi connectivity index (χ2n) is 5.34. The van der Waals surface area contributed by atoms with E-state index in [0.29, 0.717) is 17.0 Å². The van der Waals surface area contributed by atoms with Crippen molar-refractivity contribution in [2.45, 2.75) is 6.61 Å². The molecule has 0 spiro atoms. The summed E-state index contributed by atoms with van der Waals surface area (Å²) in [7, 11) is 0. The highest BCUT2D eigenvalue weighted by Gasteiger charge is 2.08. The normalized spacial score (nSPS) is 10.8. The van der Waals surface area contributed by atoms with Crippen LogP contribution in [0.25, 0.3) is 17.4 Å². The van der Waals surface area contributed by atoms with Crippen LogP contribution in [-0.4, -0.2) is 16.0 Å². The van der Waals surface area contributed by atoms with Gasteiger partial charge in [-0.15, -0.1) is 0 Å². The minimum Gasteiger partial charge on any atom is -0.456 e. The highest BCUT2D eigenvalue weighted by Crippen LogP contribution is 2.20. The third kappa shape index (κ3) is 4.41. The van der Waals surface area contributed by atoms with Crippen LogP contribution in [0.3, 0.4) is 0 Å². The van der Waals surface area contributed by atoms with Gasteiger partial charge in [0.1, 0.15) is 12.3 Å². The van der Waals surface area contributed by atoms with Crippen LogP contribution < -0.4 is 0 Å². The van der Waals surface area contributed by atoms with Crippen molar-refractivity contribution in [1.82, 2.24) is 5.16 Å². The molecular weight excluding hydrogens is 336 g/mol. The number of ether oxygens (including phenoxy) is 1. The Morgan fingerprint density at radius 3 is 2.73 bits per heavy atom. The lowest BCUT2D eigenvalue weighted by Gasteiger charge is -1.98. The van der Waals surface area contributed by atoms with E-state index in [-0.39, 0.29) is 12.3 Å². The molecule has 0 atom stereocenters. The smallest absolute Gasteiger partial charge is 0.331 e. The van der Waals surface area contributed by atoms with Crippen LogP contribution in [0.1, 0.15) is 11.3 Å². The average Bonchev–Trinajstić information content (AvgIpc) is 3.15. The quantitative estimate of drug-likeness (QED) is 0.288. The molecule has 26 heavy (non-hydrogen) atoms. The summed E-state index contributed by atoms with van der Waals surface area (Å²) in [6, 6.07) is 17.1. The summed E-state index contributed by atoms with van der Waals surface area (Å²) in [6.07, 6.45) is 2.66. The Kier molecular flexibility index (Phi) is 5.19. The highest BCUT2D eigenvalue weighted by molar-refractivity contribution is 5.87. The van der Waals surface area contributed by atoms with Crippen molar-refractivity contribution in [2.75, 3.05) is 0 Å². The first kappa shape index (κ1) is 17.1. The number of benzene rings is 2. The van der Waals surface area contributed by atoms with E-state index in [1.54, 1.807) is 18.2 Å². The summed E-state index contributed by atoms with van der Waals surface area (Å²) < 4.78 is 10.3. The van der Waals surface area contributed by atoms with Gasteiger partial charge in [0.25, 0.3) is 5.69 Å². The fraction of sp³-hybridized carbons (Fsp3) is 0.0526. The minimum atomic E-state index is -0.583. The number of hydrogen-bond acceptors (Lipinski definition) is 6. The van der Waals surface area contributed by atoms with Gasteiger partial charge in [0.15, 0.2) is 5.76 Å². The molecule has 0 aliphatic heterocycles. The fourth-order valence-electron chi connectivity index (χ4n) is 2.22. The molecule has 0 saturated carbocycles. The van der Waals surface area contributed by atoms with Crippen molar-refractivity contribution in [3.8, 4) is 11.3 Å². The molecule has 2 aromatic carbocycles. The number of carbonyl (C=O) groups is 1. The van der Waals surface area contributed by atoms with E-state index in [9.17, 15) is 14.9 Å². The molecule has 0 fully saturated rings. The van der Waals surface area contributed by atoms with Crippen LogP contribution in [0.5, 0.6) is 0 Å². The lowest BCUT2D eigenvalue weighted by Crippen LogP contribution is -2.00. The van der Waals surface area contributed by atoms with Crippen LogP contribution in [0, 0.1) is 10.1 Å². The lowest BCUT2D eigenvalue weighted by molar-refractivity contribution is -0.384. The van der Waals surface area contributed by atoms with E-state index in [1.807, 2.05) is 30.3 Å². The number of nitrogens with zero attached hydrogens (tertiary/aromatic N) is 2. The molecule has 3 rings (SSSR count). The van der Waals surface area contributed by atoms with Gasteiger partial charge < -0.3 is 9.26 Å². The molecule has 0 bridgehead atoms. The van der Waals surface area contributed by atoms with Crippen LogP contribution >= 0.6 is 0 Å². The van der Waals surface area contributed by atoms with E-state index in [2.05, 4.69) is 5.16 Å². The maximum absolute atomic E-state index is 11.8. The number of non-ortho nitro benzene ring substituents is 1. The van der Waals surface area contributed by atoms with Gasteiger partial charge in [-0.25, -0.2) is 4.79 Å². The number of nitro benzene ring substituents is 1. The summed E-state index contributed by atoms with van der Waals surface area (Å²) in [5.74, 6) is 0.00422. The predicted octanol–water partition coefficient (Wildman–Crippen LogP) is 4.01. The zero-order valence-corrected chi connectivity index (χ0v) is 13.6. The van der Waals surface area contributed by atoms with Gasteiger partial charge in [-0.05, 0) is 11.6 Å². The lowest BCUT2D eigenvalue weighted by atomic mass is 10.2. The van der Waals surface area contributed by atoms with E-state index in [1.165, 1.54) is 24.3 Å². The second kappa shape index (κ2) is 7.89. The topological polar surface area (TPSA) is 95.5 Å². The molecule has 0 aliphatic carbocycles. The van der Waals surface area contributed by atoms with Gasteiger partial charge in [-0.2, -0.15) is 0 Å². The largest absolute Gasteiger partial charge is 0.456 e. The highest BCUT2D eigenvalue weighted by atomic mass is 16.6. The Bertz CT molecular complexity index is 947. The minimum absolute atomic E-state index is 0.0333. The molecule has 0 radical (unpaired) electrons. The van der Waals surface area contributed by atoms with Gasteiger partial charge in [-0.1, -0.05) is 47.6 Å². The standard InChI is InChI=1S/C19H14N2O5/c22-19(10-9-14-5-4-8-17(11-14)21(23)24)25-13-16-12-18(26-20-16)15-6-2-1-3-7-15/h1-12H,13H2/b10-9+. The number of rotatable bonds is 6. The van der Waals surface area contributed by atoms with Gasteiger partial charge in [0, 0.05) is 29.8 Å². The first-order valence-electron chi connectivity index (χ1n) is 7.72. The first-order valence-corrected chi connectivity index (χ1v) is 7.72. The monoisotopic (exact) mass is 350 g/mol. The summed E-state index contributed by atoms with van der Waals surface area (Å²) in [5, 5.41) is 14.6. The molecular formula is C19H14N2O5. The molecule has 0 amide bonds. The average molecular weight is 350 g/mol. The third-order valence-corrected chi connectivity index (χ3v) is 3.47. The van der Waals surface area contributed by atoms with E-state index >= 15 is 0 Å². The zero-order valence-electron chi connectivity index (χ0n) is 13.6. The molecule has 7 nitrogen and oxygen atoms in total. The predicted molar refractivity (Wildman–Crippen MR) is 93.9 cm³/mol. The molecule has 1 aromatic heterocycles. The SMILES string of the molecule is O=C(/C=C/c1cccc([N+](=O)[O-])c1)OCc1cc(-c2ccccc2)on1. The molecule has 1 heterocycles. The van der Waals surface area contributed by atoms with Gasteiger partial charge in [0.2, 0.25) is 0 Å². The van der Waals surface area contributed by atoms with Gasteiger partial charge in [0.05, 0.1) is 4.92 Å². The van der Waals surface area contributed by atoms with Crippen molar-refractivity contribution in [3.63, 3.8) is 0 Å². The van der Waals surface area contributed by atoms with Crippen molar-refractivity contribution in [1.29, 1.82) is 0 Å². The van der Waals surface area contributed by atoms with Crippen molar-refractivity contribution in [3.05, 3.63) is 88.1 Å². The molecule has 7 heteroatoms. The Balaban J connectivity index is 1.57. The van der Waals surface area contributed by atoms with Crippen LogP contribution in [0.15, 0.2) is 71.3 Å². The Morgan fingerprint density at radius 2 is 1.96 bits per heavy atom. The molecule has 0 saturated heterocycles. The summed E-state index contributed by atoms with van der Waals surface area (Å²) >= 11 is 0. The number of carbonyl (C=O) groups excluding carboxylic acids is 1. The van der Waals surface area contributed by atoms with Crippen LogP contribution in [-0.2, 0) is 16.1 Å². The molecule has 3 aromatic rings. The van der Waals surface area contributed by atoms with E-state index in [0.717, 1.165) is 5.56 Å². The molecule has 0 N–H and O–H groups in total. The van der Waals surface area contributed by atoms with E-state index in [4.69, 9.17) is 9.26 Å². The Labute approximate surface area is 148 Å². The number of hydrogen-bond donors (Lipinski definition) is 0.